The lowest BCUT2D eigenvalue weighted by Crippen LogP contribution is -2.36. The number of ether oxygens (including phenoxy) is 3. The van der Waals surface area contributed by atoms with E-state index in [-0.39, 0.29) is 65.1 Å². The minimum atomic E-state index is -1.11. The second-order valence-corrected chi connectivity index (χ2v) is 8.97. The largest absolute Gasteiger partial charge is 0.507 e. The molecule has 0 radical (unpaired) electrons. The standard InChI is InChI=1S/C26H32O11/c1-13(2)12-34-26-24(33)23-19(32)9-16(35-22(6-7-27)36-21(11-28)14(3)29)10-20(23)37-25(26)15-4-5-17(30)18(31)8-15/h4-5,8-10,13-14,21-22,27-32H,6-7,11-12H2,1-3H3. The van der Waals surface area contributed by atoms with Gasteiger partial charge in [-0.05, 0) is 31.0 Å². The second kappa shape index (κ2) is 12.2. The van der Waals surface area contributed by atoms with Gasteiger partial charge in [0.05, 0.1) is 19.3 Å². The number of rotatable bonds is 12. The molecule has 0 amide bonds. The Morgan fingerprint density at radius 1 is 0.973 bits per heavy atom. The zero-order valence-corrected chi connectivity index (χ0v) is 20.7. The van der Waals surface area contributed by atoms with Gasteiger partial charge in [-0.2, -0.15) is 0 Å². The molecule has 0 aliphatic carbocycles. The third kappa shape index (κ3) is 6.63. The van der Waals surface area contributed by atoms with Crippen LogP contribution in [0.2, 0.25) is 0 Å². The number of aromatic hydroxyl groups is 3. The van der Waals surface area contributed by atoms with Crippen LogP contribution in [0, 0.1) is 5.92 Å². The molecule has 11 nitrogen and oxygen atoms in total. The smallest absolute Gasteiger partial charge is 0.239 e. The fourth-order valence-electron chi connectivity index (χ4n) is 3.48. The first kappa shape index (κ1) is 28.1. The second-order valence-electron chi connectivity index (χ2n) is 8.97. The van der Waals surface area contributed by atoms with Crippen molar-refractivity contribution in [3.8, 4) is 40.1 Å². The summed E-state index contributed by atoms with van der Waals surface area (Å²) in [6, 6.07) is 6.36. The molecule has 2 aromatic carbocycles. The first-order valence-electron chi connectivity index (χ1n) is 11.8. The Bertz CT molecular complexity index is 1270. The molecule has 1 heterocycles. The van der Waals surface area contributed by atoms with Crippen LogP contribution in [0.1, 0.15) is 27.2 Å². The number of benzene rings is 2. The summed E-state index contributed by atoms with van der Waals surface area (Å²) < 4.78 is 23.0. The maximum absolute atomic E-state index is 13.4. The Hall–Kier alpha value is -3.51. The topological polar surface area (TPSA) is 179 Å². The summed E-state index contributed by atoms with van der Waals surface area (Å²) in [4.78, 5) is 13.4. The van der Waals surface area contributed by atoms with Crippen molar-refractivity contribution in [1.29, 1.82) is 0 Å². The van der Waals surface area contributed by atoms with E-state index >= 15 is 0 Å². The van der Waals surface area contributed by atoms with Gasteiger partial charge in [0.1, 0.15) is 28.6 Å². The van der Waals surface area contributed by atoms with E-state index < -0.39 is 42.0 Å². The summed E-state index contributed by atoms with van der Waals surface area (Å²) in [5.74, 6) is -1.40. The molecule has 0 spiro atoms. The SMILES string of the molecule is CC(C)COc1c(-c2ccc(O)c(O)c2)oc2cc(OC(CCO)OC(CO)C(C)O)cc(O)c2c1=O. The van der Waals surface area contributed by atoms with Crippen LogP contribution in [0.4, 0.5) is 0 Å². The number of hydrogen-bond acceptors (Lipinski definition) is 11. The third-order valence-corrected chi connectivity index (χ3v) is 5.38. The van der Waals surface area contributed by atoms with Gasteiger partial charge in [0.15, 0.2) is 17.3 Å². The van der Waals surface area contributed by atoms with Crippen molar-refractivity contribution in [1.82, 2.24) is 0 Å². The van der Waals surface area contributed by atoms with E-state index in [1.54, 1.807) is 0 Å². The van der Waals surface area contributed by atoms with Crippen molar-refractivity contribution in [2.75, 3.05) is 19.8 Å². The number of phenols is 3. The number of fused-ring (bicyclic) bond motifs is 1. The summed E-state index contributed by atoms with van der Waals surface area (Å²) in [7, 11) is 0. The zero-order chi connectivity index (χ0) is 27.3. The molecule has 0 saturated heterocycles. The lowest BCUT2D eigenvalue weighted by atomic mass is 10.1. The van der Waals surface area contributed by atoms with Crippen molar-refractivity contribution in [2.24, 2.45) is 5.92 Å². The predicted molar refractivity (Wildman–Crippen MR) is 133 cm³/mol. The Morgan fingerprint density at radius 3 is 2.30 bits per heavy atom. The Labute approximate surface area is 212 Å². The first-order chi connectivity index (χ1) is 17.5. The normalized spacial score (nSPS) is 14.0. The van der Waals surface area contributed by atoms with Gasteiger partial charge in [-0.15, -0.1) is 0 Å². The number of aliphatic hydroxyl groups is 3. The van der Waals surface area contributed by atoms with E-state index in [9.17, 15) is 35.4 Å². The first-order valence-corrected chi connectivity index (χ1v) is 11.8. The lowest BCUT2D eigenvalue weighted by Gasteiger charge is -2.25. The highest BCUT2D eigenvalue weighted by atomic mass is 16.7. The third-order valence-electron chi connectivity index (χ3n) is 5.38. The fraction of sp³-hybridized carbons (Fsp3) is 0.423. The van der Waals surface area contributed by atoms with Crippen LogP contribution in [-0.4, -0.2) is 69.0 Å². The minimum absolute atomic E-state index is 0.0178. The highest BCUT2D eigenvalue weighted by Gasteiger charge is 2.25. The van der Waals surface area contributed by atoms with Crippen molar-refractivity contribution in [3.05, 3.63) is 40.6 Å². The molecule has 6 N–H and O–H groups in total. The van der Waals surface area contributed by atoms with Gasteiger partial charge < -0.3 is 49.3 Å². The van der Waals surface area contributed by atoms with Crippen molar-refractivity contribution < 1.29 is 49.3 Å². The van der Waals surface area contributed by atoms with E-state index in [0.717, 1.165) is 0 Å². The monoisotopic (exact) mass is 520 g/mol. The Morgan fingerprint density at radius 2 is 1.70 bits per heavy atom. The van der Waals surface area contributed by atoms with Crippen LogP contribution < -0.4 is 14.9 Å². The van der Waals surface area contributed by atoms with Crippen molar-refractivity contribution >= 4 is 11.0 Å². The summed E-state index contributed by atoms with van der Waals surface area (Å²) in [5.41, 5.74) is -0.495. The van der Waals surface area contributed by atoms with Crippen LogP contribution in [0.5, 0.6) is 28.7 Å². The Kier molecular flexibility index (Phi) is 9.22. The zero-order valence-electron chi connectivity index (χ0n) is 20.7. The molecule has 3 aromatic rings. The van der Waals surface area contributed by atoms with Gasteiger partial charge in [-0.25, -0.2) is 0 Å². The van der Waals surface area contributed by atoms with Gasteiger partial charge in [0, 0.05) is 30.7 Å². The summed E-state index contributed by atoms with van der Waals surface area (Å²) in [6.07, 6.45) is -3.14. The molecule has 3 atom stereocenters. The van der Waals surface area contributed by atoms with Gasteiger partial charge >= 0.3 is 0 Å². The molecular formula is C26H32O11. The van der Waals surface area contributed by atoms with Gasteiger partial charge in [0.2, 0.25) is 17.5 Å². The minimum Gasteiger partial charge on any atom is -0.507 e. The maximum atomic E-state index is 13.4. The molecule has 11 heteroatoms. The van der Waals surface area contributed by atoms with Gasteiger partial charge in [-0.3, -0.25) is 4.79 Å². The van der Waals surface area contributed by atoms with Gasteiger partial charge in [-0.1, -0.05) is 13.8 Å². The molecule has 0 fully saturated rings. The number of aliphatic hydroxyl groups excluding tert-OH is 3. The van der Waals surface area contributed by atoms with E-state index in [4.69, 9.17) is 18.6 Å². The molecule has 1 aromatic heterocycles. The highest BCUT2D eigenvalue weighted by Crippen LogP contribution is 2.38. The maximum Gasteiger partial charge on any atom is 0.239 e. The summed E-state index contributed by atoms with van der Waals surface area (Å²) in [6.45, 7) is 4.55. The molecule has 0 saturated carbocycles. The molecule has 3 rings (SSSR count). The molecule has 37 heavy (non-hydrogen) atoms. The fourth-order valence-corrected chi connectivity index (χ4v) is 3.48. The van der Waals surface area contributed by atoms with E-state index in [1.807, 2.05) is 13.8 Å². The van der Waals surface area contributed by atoms with Crippen LogP contribution in [0.25, 0.3) is 22.3 Å². The average Bonchev–Trinajstić information content (AvgIpc) is 2.82. The van der Waals surface area contributed by atoms with Crippen LogP contribution in [0.15, 0.2) is 39.5 Å². The molecule has 3 unspecified atom stereocenters. The van der Waals surface area contributed by atoms with E-state index in [2.05, 4.69) is 0 Å². The molecule has 202 valence electrons. The van der Waals surface area contributed by atoms with Crippen molar-refractivity contribution in [2.45, 2.75) is 45.7 Å². The van der Waals surface area contributed by atoms with Crippen LogP contribution in [-0.2, 0) is 4.74 Å². The van der Waals surface area contributed by atoms with Crippen LogP contribution in [0.3, 0.4) is 0 Å². The number of hydrogen-bond donors (Lipinski definition) is 6. The molecular weight excluding hydrogens is 488 g/mol. The average molecular weight is 521 g/mol. The molecule has 0 aliphatic rings. The molecule has 0 aliphatic heterocycles. The van der Waals surface area contributed by atoms with Crippen molar-refractivity contribution in [3.63, 3.8) is 0 Å². The summed E-state index contributed by atoms with van der Waals surface area (Å²) in [5, 5.41) is 58.8. The highest BCUT2D eigenvalue weighted by molar-refractivity contribution is 5.88. The number of phenolic OH excluding ortho intramolecular Hbond substituents is 3. The molecule has 0 bridgehead atoms. The van der Waals surface area contributed by atoms with Gasteiger partial charge in [0.25, 0.3) is 0 Å². The van der Waals surface area contributed by atoms with E-state index in [1.165, 1.54) is 37.3 Å². The predicted octanol–water partition coefficient (Wildman–Crippen LogP) is 2.46. The Balaban J connectivity index is 2.12. The lowest BCUT2D eigenvalue weighted by molar-refractivity contribution is -0.165. The van der Waals surface area contributed by atoms with E-state index in [0.29, 0.717) is 0 Å². The van der Waals surface area contributed by atoms with Crippen LogP contribution >= 0.6 is 0 Å². The quantitative estimate of drug-likeness (QED) is 0.153. The summed E-state index contributed by atoms with van der Waals surface area (Å²) >= 11 is 0.